The number of Topliss-reactive ketones (excluding diaryl/α,β-unsaturated/α-hetero) is 1. The van der Waals surface area contributed by atoms with E-state index >= 15 is 0 Å². The van der Waals surface area contributed by atoms with Crippen LogP contribution in [0.15, 0.2) is 60.2 Å². The molecular weight excluding hydrogens is 516 g/mol. The molecular formula is C30H26N2O6S. The lowest BCUT2D eigenvalue weighted by molar-refractivity contribution is -0.132. The van der Waals surface area contributed by atoms with E-state index in [2.05, 4.69) is 4.98 Å². The largest absolute Gasteiger partial charge is 0.507 e. The second-order valence-electron chi connectivity index (χ2n) is 9.75. The summed E-state index contributed by atoms with van der Waals surface area (Å²) in [5.74, 6) is -1.01. The van der Waals surface area contributed by atoms with Crippen molar-refractivity contribution >= 4 is 44.1 Å². The maximum absolute atomic E-state index is 13.6. The number of aromatic nitrogens is 1. The summed E-state index contributed by atoms with van der Waals surface area (Å²) in [6.07, 6.45) is 0.689. The van der Waals surface area contributed by atoms with Crippen molar-refractivity contribution in [2.75, 3.05) is 11.5 Å². The normalized spacial score (nSPS) is 19.9. The number of hydrogen-bond donors (Lipinski definition) is 2. The first-order valence-electron chi connectivity index (χ1n) is 12.7. The summed E-state index contributed by atoms with van der Waals surface area (Å²) in [6, 6.07) is 14.7. The second-order valence-corrected chi connectivity index (χ2v) is 10.8. The Morgan fingerprint density at radius 1 is 1.15 bits per heavy atom. The lowest BCUT2D eigenvalue weighted by Crippen LogP contribution is -2.29. The number of hydrogen-bond acceptors (Lipinski definition) is 8. The highest BCUT2D eigenvalue weighted by Gasteiger charge is 2.48. The van der Waals surface area contributed by atoms with Gasteiger partial charge in [-0.05, 0) is 79.9 Å². The number of carbonyl (C=O) groups is 2. The average molecular weight is 543 g/mol. The fourth-order valence-electron chi connectivity index (χ4n) is 5.16. The van der Waals surface area contributed by atoms with Gasteiger partial charge in [0.1, 0.15) is 17.6 Å². The van der Waals surface area contributed by atoms with E-state index < -0.39 is 17.7 Å². The molecule has 3 heterocycles. The smallest absolute Gasteiger partial charge is 0.301 e. The van der Waals surface area contributed by atoms with Crippen LogP contribution in [0.25, 0.3) is 16.0 Å². The molecule has 1 saturated heterocycles. The van der Waals surface area contributed by atoms with Crippen molar-refractivity contribution in [3.63, 3.8) is 0 Å². The molecule has 0 bridgehead atoms. The van der Waals surface area contributed by atoms with Crippen molar-refractivity contribution < 1.29 is 29.3 Å². The Balaban J connectivity index is 1.55. The number of rotatable bonds is 5. The molecule has 1 fully saturated rings. The predicted octanol–water partition coefficient (Wildman–Crippen LogP) is 5.66. The van der Waals surface area contributed by atoms with Crippen molar-refractivity contribution in [3.8, 4) is 17.2 Å². The van der Waals surface area contributed by atoms with Gasteiger partial charge < -0.3 is 19.7 Å². The van der Waals surface area contributed by atoms with Gasteiger partial charge in [-0.1, -0.05) is 23.5 Å². The van der Waals surface area contributed by atoms with Crippen LogP contribution in [0, 0.1) is 6.92 Å². The number of benzene rings is 3. The first kappa shape index (κ1) is 24.9. The Bertz CT molecular complexity index is 1690. The number of aryl methyl sites for hydroxylation is 1. The average Bonchev–Trinajstić information content (AvgIpc) is 3.57. The SMILES string of the molecule is CCOc1cc([C@H]2/C(=C(\O)c3ccc4c(c3)C[C@H](C)O4)C(=O)C(=O)N2c2nc3ccc(C)cc3s2)ccc1O. The zero-order valence-electron chi connectivity index (χ0n) is 21.6. The third-order valence-corrected chi connectivity index (χ3v) is 7.97. The van der Waals surface area contributed by atoms with Gasteiger partial charge in [0.15, 0.2) is 16.6 Å². The monoisotopic (exact) mass is 542 g/mol. The van der Waals surface area contributed by atoms with E-state index in [1.807, 2.05) is 32.0 Å². The Labute approximate surface area is 228 Å². The number of aliphatic hydroxyl groups excluding tert-OH is 1. The van der Waals surface area contributed by atoms with E-state index in [-0.39, 0.29) is 28.9 Å². The fraction of sp³-hybridized carbons (Fsp3) is 0.233. The van der Waals surface area contributed by atoms with Gasteiger partial charge >= 0.3 is 5.91 Å². The molecule has 0 radical (unpaired) electrons. The minimum Gasteiger partial charge on any atom is -0.507 e. The van der Waals surface area contributed by atoms with Gasteiger partial charge in [-0.25, -0.2) is 4.98 Å². The summed E-state index contributed by atoms with van der Waals surface area (Å²) in [5.41, 5.74) is 3.52. The Kier molecular flexibility index (Phi) is 6.03. The number of nitrogens with zero attached hydrogens (tertiary/aromatic N) is 2. The van der Waals surface area contributed by atoms with Crippen LogP contribution in [0.5, 0.6) is 17.2 Å². The molecule has 0 aliphatic carbocycles. The Morgan fingerprint density at radius 3 is 2.77 bits per heavy atom. The number of carbonyl (C=O) groups excluding carboxylic acids is 2. The molecule has 2 atom stereocenters. The van der Waals surface area contributed by atoms with E-state index in [1.54, 1.807) is 37.3 Å². The molecule has 1 amide bonds. The topological polar surface area (TPSA) is 109 Å². The van der Waals surface area contributed by atoms with Crippen molar-refractivity contribution in [2.45, 2.75) is 39.3 Å². The van der Waals surface area contributed by atoms with E-state index in [9.17, 15) is 19.8 Å². The molecule has 0 spiro atoms. The summed E-state index contributed by atoms with van der Waals surface area (Å²) in [7, 11) is 0. The molecule has 2 aliphatic heterocycles. The number of phenols is 1. The number of anilines is 1. The van der Waals surface area contributed by atoms with Gasteiger partial charge in [-0.3, -0.25) is 14.5 Å². The molecule has 8 nitrogen and oxygen atoms in total. The van der Waals surface area contributed by atoms with Crippen LogP contribution >= 0.6 is 11.3 Å². The lowest BCUT2D eigenvalue weighted by Gasteiger charge is -2.23. The number of ketones is 1. The van der Waals surface area contributed by atoms with Crippen LogP contribution in [-0.2, 0) is 16.0 Å². The summed E-state index contributed by atoms with van der Waals surface area (Å²) >= 11 is 1.30. The van der Waals surface area contributed by atoms with Crippen LogP contribution < -0.4 is 14.4 Å². The third kappa shape index (κ3) is 4.19. The highest BCUT2D eigenvalue weighted by Crippen LogP contribution is 2.46. The molecule has 2 N–H and O–H groups in total. The number of ether oxygens (including phenoxy) is 2. The van der Waals surface area contributed by atoms with E-state index in [4.69, 9.17) is 9.47 Å². The first-order valence-corrected chi connectivity index (χ1v) is 13.5. The first-order chi connectivity index (χ1) is 18.7. The van der Waals surface area contributed by atoms with Crippen LogP contribution in [0.4, 0.5) is 5.13 Å². The van der Waals surface area contributed by atoms with Crippen molar-refractivity contribution in [2.24, 2.45) is 0 Å². The summed E-state index contributed by atoms with van der Waals surface area (Å²) in [4.78, 5) is 33.2. The molecule has 198 valence electrons. The number of phenolic OH excluding ortho intramolecular Hbond substituents is 1. The van der Waals surface area contributed by atoms with E-state index in [0.717, 1.165) is 21.6 Å². The van der Waals surface area contributed by atoms with E-state index in [0.29, 0.717) is 34.8 Å². The number of aromatic hydroxyl groups is 1. The molecule has 0 unspecified atom stereocenters. The highest BCUT2D eigenvalue weighted by molar-refractivity contribution is 7.22. The van der Waals surface area contributed by atoms with Gasteiger partial charge in [-0.15, -0.1) is 0 Å². The van der Waals surface area contributed by atoms with E-state index in [1.165, 1.54) is 22.3 Å². The maximum atomic E-state index is 13.6. The molecule has 6 rings (SSSR count). The minimum atomic E-state index is -0.991. The molecule has 2 aliphatic rings. The third-order valence-electron chi connectivity index (χ3n) is 6.95. The molecule has 39 heavy (non-hydrogen) atoms. The lowest BCUT2D eigenvalue weighted by atomic mass is 9.94. The van der Waals surface area contributed by atoms with Gasteiger partial charge in [0.25, 0.3) is 5.78 Å². The van der Waals surface area contributed by atoms with Gasteiger partial charge in [-0.2, -0.15) is 0 Å². The summed E-state index contributed by atoms with van der Waals surface area (Å²) in [5, 5.41) is 22.2. The van der Waals surface area contributed by atoms with Gasteiger partial charge in [0.05, 0.1) is 28.4 Å². The summed E-state index contributed by atoms with van der Waals surface area (Å²) < 4.78 is 12.2. The number of aliphatic hydroxyl groups is 1. The standard InChI is InChI=1S/C30H26N2O6S/c1-4-37-23-14-17(6-9-21(23)33)26-25(27(34)18-7-10-22-19(13-18)12-16(3)38-22)28(35)29(36)32(26)30-31-20-8-5-15(2)11-24(20)39-30/h5-11,13-14,16,26,33-34H,4,12H2,1-3H3/b27-25+/t16-,26-/m0/s1. The molecule has 4 aromatic rings. The van der Waals surface area contributed by atoms with Crippen LogP contribution in [0.3, 0.4) is 0 Å². The summed E-state index contributed by atoms with van der Waals surface area (Å²) in [6.45, 7) is 6.04. The van der Waals surface area contributed by atoms with Crippen LogP contribution in [-0.4, -0.2) is 39.6 Å². The number of thiazole rings is 1. The minimum absolute atomic E-state index is 0.0135. The quantitative estimate of drug-likeness (QED) is 0.190. The van der Waals surface area contributed by atoms with Crippen LogP contribution in [0.1, 0.15) is 42.1 Å². The molecule has 3 aromatic carbocycles. The van der Waals surface area contributed by atoms with Crippen molar-refractivity contribution in [3.05, 3.63) is 82.4 Å². The molecule has 1 aromatic heterocycles. The fourth-order valence-corrected chi connectivity index (χ4v) is 6.26. The number of fused-ring (bicyclic) bond motifs is 2. The van der Waals surface area contributed by atoms with Crippen LogP contribution in [0.2, 0.25) is 0 Å². The number of amides is 1. The zero-order chi connectivity index (χ0) is 27.4. The Hall–Kier alpha value is -4.37. The van der Waals surface area contributed by atoms with Crippen molar-refractivity contribution in [1.29, 1.82) is 0 Å². The Morgan fingerprint density at radius 2 is 1.97 bits per heavy atom. The van der Waals surface area contributed by atoms with Crippen molar-refractivity contribution in [1.82, 2.24) is 4.98 Å². The van der Waals surface area contributed by atoms with Gasteiger partial charge in [0, 0.05) is 12.0 Å². The zero-order valence-corrected chi connectivity index (χ0v) is 22.4. The highest BCUT2D eigenvalue weighted by atomic mass is 32.1. The maximum Gasteiger partial charge on any atom is 0.301 e. The predicted molar refractivity (Wildman–Crippen MR) is 149 cm³/mol. The second kappa shape index (κ2) is 9.43. The van der Waals surface area contributed by atoms with Gasteiger partial charge in [0.2, 0.25) is 0 Å². The molecule has 0 saturated carbocycles. The molecule has 9 heteroatoms.